The molecule has 1 aliphatic carbocycles. The maximum Gasteiger partial charge on any atom is 0.228 e. The normalized spacial score (nSPS) is 30.3. The highest BCUT2D eigenvalue weighted by Gasteiger charge is 2.43. The first kappa shape index (κ1) is 14.6. The number of halogens is 2. The van der Waals surface area contributed by atoms with Crippen molar-refractivity contribution in [3.63, 3.8) is 0 Å². The lowest BCUT2D eigenvalue weighted by atomic mass is 9.63. The molecule has 0 aromatic heterocycles. The van der Waals surface area contributed by atoms with Crippen molar-refractivity contribution in [1.29, 1.82) is 0 Å². The standard InChI is InChI=1S/C16H18Cl2O/c1-3-16(14(18)19)10-4-9-15(2,11-16)12-5-7-13(17)8-6-12/h4-9H,3,10-11H2,1-2H3. The fourth-order valence-corrected chi connectivity index (χ4v) is 3.37. The summed E-state index contributed by atoms with van der Waals surface area (Å²) in [5.74, 6) is 0. The minimum Gasteiger partial charge on any atom is -0.281 e. The fourth-order valence-electron chi connectivity index (χ4n) is 2.97. The number of carbonyl (C=O) groups excluding carboxylic acids is 1. The molecule has 2 rings (SSSR count). The first-order valence-electron chi connectivity index (χ1n) is 6.56. The molecule has 3 heteroatoms. The third-order valence-corrected chi connectivity index (χ3v) is 4.95. The van der Waals surface area contributed by atoms with Crippen molar-refractivity contribution < 1.29 is 4.79 Å². The van der Waals surface area contributed by atoms with Crippen LogP contribution < -0.4 is 0 Å². The molecular formula is C16H18Cl2O. The minimum atomic E-state index is -0.440. The summed E-state index contributed by atoms with van der Waals surface area (Å²) >= 11 is 11.8. The van der Waals surface area contributed by atoms with Crippen LogP contribution in [0.2, 0.25) is 5.02 Å². The summed E-state index contributed by atoms with van der Waals surface area (Å²) in [4.78, 5) is 11.8. The molecule has 1 aliphatic rings. The fraction of sp³-hybridized carbons (Fsp3) is 0.438. The molecule has 1 aromatic carbocycles. The maximum absolute atomic E-state index is 11.8. The molecule has 0 saturated heterocycles. The van der Waals surface area contributed by atoms with Crippen LogP contribution >= 0.6 is 23.2 Å². The lowest BCUT2D eigenvalue weighted by Crippen LogP contribution is -2.38. The molecule has 0 fully saturated rings. The van der Waals surface area contributed by atoms with E-state index in [4.69, 9.17) is 23.2 Å². The summed E-state index contributed by atoms with van der Waals surface area (Å²) in [5, 5.41) is 0.502. The third kappa shape index (κ3) is 2.73. The zero-order chi connectivity index (χ0) is 14.1. The number of allylic oxidation sites excluding steroid dienone is 2. The van der Waals surface area contributed by atoms with Crippen LogP contribution in [-0.2, 0) is 10.2 Å². The van der Waals surface area contributed by atoms with Crippen LogP contribution in [0.25, 0.3) is 0 Å². The Hall–Kier alpha value is -0.790. The molecule has 0 radical (unpaired) electrons. The van der Waals surface area contributed by atoms with Gasteiger partial charge in [-0.2, -0.15) is 0 Å². The van der Waals surface area contributed by atoms with Gasteiger partial charge < -0.3 is 0 Å². The van der Waals surface area contributed by atoms with Gasteiger partial charge in [0.05, 0.1) is 0 Å². The average Bonchev–Trinajstić information content (AvgIpc) is 2.39. The molecule has 102 valence electrons. The molecule has 1 nitrogen and oxygen atoms in total. The van der Waals surface area contributed by atoms with Gasteiger partial charge in [-0.1, -0.05) is 49.7 Å². The molecule has 0 bridgehead atoms. The highest BCUT2D eigenvalue weighted by atomic mass is 35.5. The molecule has 19 heavy (non-hydrogen) atoms. The topological polar surface area (TPSA) is 17.1 Å². The summed E-state index contributed by atoms with van der Waals surface area (Å²) in [6.07, 6.45) is 6.51. The van der Waals surface area contributed by atoms with Crippen LogP contribution in [0, 0.1) is 5.41 Å². The third-order valence-electron chi connectivity index (χ3n) is 4.30. The number of benzene rings is 1. The van der Waals surface area contributed by atoms with Crippen molar-refractivity contribution >= 4 is 28.4 Å². The Balaban J connectivity index is 2.39. The molecular weight excluding hydrogens is 279 g/mol. The highest BCUT2D eigenvalue weighted by molar-refractivity contribution is 6.64. The van der Waals surface area contributed by atoms with Gasteiger partial charge in [-0.3, -0.25) is 4.79 Å². The quantitative estimate of drug-likeness (QED) is 0.559. The van der Waals surface area contributed by atoms with E-state index in [1.807, 2.05) is 31.2 Å². The van der Waals surface area contributed by atoms with Crippen LogP contribution in [0.15, 0.2) is 36.4 Å². The van der Waals surface area contributed by atoms with E-state index in [0.29, 0.717) is 0 Å². The number of hydrogen-bond acceptors (Lipinski definition) is 1. The smallest absolute Gasteiger partial charge is 0.228 e. The van der Waals surface area contributed by atoms with Crippen molar-refractivity contribution in [1.82, 2.24) is 0 Å². The van der Waals surface area contributed by atoms with Gasteiger partial charge in [0.25, 0.3) is 0 Å². The van der Waals surface area contributed by atoms with Gasteiger partial charge in [0.2, 0.25) is 5.24 Å². The maximum atomic E-state index is 11.8. The van der Waals surface area contributed by atoms with Gasteiger partial charge in [0.15, 0.2) is 0 Å². The average molecular weight is 297 g/mol. The number of rotatable bonds is 3. The minimum absolute atomic E-state index is 0.163. The van der Waals surface area contributed by atoms with Gasteiger partial charge in [-0.15, -0.1) is 0 Å². The van der Waals surface area contributed by atoms with Crippen molar-refractivity contribution in [3.8, 4) is 0 Å². The molecule has 0 saturated carbocycles. The van der Waals surface area contributed by atoms with E-state index in [-0.39, 0.29) is 10.7 Å². The van der Waals surface area contributed by atoms with Crippen molar-refractivity contribution in [2.45, 2.75) is 38.5 Å². The van der Waals surface area contributed by atoms with E-state index in [1.54, 1.807) is 0 Å². The second kappa shape index (κ2) is 5.30. The number of carbonyl (C=O) groups is 1. The Kier molecular flexibility index (Phi) is 4.08. The monoisotopic (exact) mass is 296 g/mol. The Labute approximate surface area is 124 Å². The molecule has 2 atom stereocenters. The van der Waals surface area contributed by atoms with E-state index in [0.717, 1.165) is 24.3 Å². The van der Waals surface area contributed by atoms with Gasteiger partial charge >= 0.3 is 0 Å². The van der Waals surface area contributed by atoms with Gasteiger partial charge in [0, 0.05) is 15.9 Å². The van der Waals surface area contributed by atoms with Gasteiger partial charge in [-0.25, -0.2) is 0 Å². The molecule has 1 aromatic rings. The van der Waals surface area contributed by atoms with E-state index in [1.165, 1.54) is 5.56 Å². The zero-order valence-electron chi connectivity index (χ0n) is 11.2. The molecule has 0 N–H and O–H groups in total. The molecule has 2 unspecified atom stereocenters. The van der Waals surface area contributed by atoms with Crippen LogP contribution in [0.3, 0.4) is 0 Å². The summed E-state index contributed by atoms with van der Waals surface area (Å²) in [6.45, 7) is 4.18. The van der Waals surface area contributed by atoms with E-state index in [2.05, 4.69) is 19.1 Å². The molecule has 0 amide bonds. The second-order valence-corrected chi connectivity index (χ2v) is 6.39. The first-order chi connectivity index (χ1) is 8.92. The predicted octanol–water partition coefficient (Wildman–Crippen LogP) is 5.11. The molecule has 0 aliphatic heterocycles. The second-order valence-electron chi connectivity index (χ2n) is 5.62. The summed E-state index contributed by atoms with van der Waals surface area (Å²) < 4.78 is 0. The summed E-state index contributed by atoms with van der Waals surface area (Å²) in [6, 6.07) is 7.83. The predicted molar refractivity (Wildman–Crippen MR) is 80.8 cm³/mol. The van der Waals surface area contributed by atoms with E-state index < -0.39 is 5.41 Å². The van der Waals surface area contributed by atoms with Crippen LogP contribution in [0.5, 0.6) is 0 Å². The summed E-state index contributed by atoms with van der Waals surface area (Å²) in [5.41, 5.74) is 0.567. The molecule has 0 heterocycles. The Morgan fingerprint density at radius 1 is 1.32 bits per heavy atom. The van der Waals surface area contributed by atoms with E-state index >= 15 is 0 Å². The lowest BCUT2D eigenvalue weighted by molar-refractivity contribution is -0.121. The van der Waals surface area contributed by atoms with Crippen LogP contribution in [0.1, 0.15) is 38.7 Å². The van der Waals surface area contributed by atoms with Gasteiger partial charge in [-0.05, 0) is 48.6 Å². The zero-order valence-corrected chi connectivity index (χ0v) is 12.8. The first-order valence-corrected chi connectivity index (χ1v) is 7.31. The van der Waals surface area contributed by atoms with Crippen molar-refractivity contribution in [2.24, 2.45) is 5.41 Å². The molecule has 0 spiro atoms. The summed E-state index contributed by atoms with van der Waals surface area (Å²) in [7, 11) is 0. The Bertz CT molecular complexity index is 506. The van der Waals surface area contributed by atoms with Crippen LogP contribution in [-0.4, -0.2) is 5.24 Å². The van der Waals surface area contributed by atoms with Crippen LogP contribution in [0.4, 0.5) is 0 Å². The Morgan fingerprint density at radius 3 is 2.47 bits per heavy atom. The highest BCUT2D eigenvalue weighted by Crippen LogP contribution is 2.47. The lowest BCUT2D eigenvalue weighted by Gasteiger charge is -2.41. The van der Waals surface area contributed by atoms with Gasteiger partial charge in [0.1, 0.15) is 0 Å². The van der Waals surface area contributed by atoms with E-state index in [9.17, 15) is 4.79 Å². The Morgan fingerprint density at radius 2 is 1.95 bits per heavy atom. The van der Waals surface area contributed by atoms with Crippen molar-refractivity contribution in [2.75, 3.05) is 0 Å². The van der Waals surface area contributed by atoms with Crippen molar-refractivity contribution in [3.05, 3.63) is 47.0 Å². The number of hydrogen-bond donors (Lipinski definition) is 0. The largest absolute Gasteiger partial charge is 0.281 e. The SMILES string of the molecule is CCC1(C(=O)Cl)CC=CC(C)(c2ccc(Cl)cc2)C1.